The number of phenolic OH excluding ortho intramolecular Hbond substituents is 8. The third kappa shape index (κ3) is 6.15. The van der Waals surface area contributed by atoms with E-state index in [1.54, 1.807) is 36.4 Å². The molecule has 0 amide bonds. The van der Waals surface area contributed by atoms with Gasteiger partial charge in [0, 0.05) is 67.0 Å². The molecule has 274 valence electrons. The maximum absolute atomic E-state index is 10.6. The monoisotopic (exact) mass is 759 g/mol. The van der Waals surface area contributed by atoms with Crippen LogP contribution in [0.5, 0.6) is 46.0 Å². The second-order valence-electron chi connectivity index (χ2n) is 13.3. The number of aromatic amines is 1. The van der Waals surface area contributed by atoms with E-state index in [1.165, 1.54) is 84.1 Å². The molecule has 0 aliphatic carbocycles. The van der Waals surface area contributed by atoms with Crippen LogP contribution in [0.1, 0.15) is 22.8 Å². The number of aromatic nitrogens is 3. The van der Waals surface area contributed by atoms with E-state index in [2.05, 4.69) is 4.98 Å². The second-order valence-corrected chi connectivity index (χ2v) is 14.4. The highest BCUT2D eigenvalue weighted by molar-refractivity contribution is 7.24. The molecule has 0 unspecified atom stereocenters. The fraction of sp³-hybridized carbons (Fsp3) is 0. The highest BCUT2D eigenvalue weighted by atomic mass is 32.1. The molecule has 0 spiro atoms. The number of nitrogens with one attached hydrogen (secondary N) is 1. The molecule has 2 aliphatic rings. The number of hydrogen-bond donors (Lipinski definition) is 9. The number of nitrogens with zero attached hydrogens (tertiary/aromatic N) is 2. The molecule has 4 aromatic carbocycles. The van der Waals surface area contributed by atoms with Gasteiger partial charge in [0.1, 0.15) is 46.0 Å². The summed E-state index contributed by atoms with van der Waals surface area (Å²) in [6.07, 6.45) is 7.17. The number of phenols is 8. The van der Waals surface area contributed by atoms with Gasteiger partial charge in [-0.2, -0.15) is 0 Å². The lowest BCUT2D eigenvalue weighted by Gasteiger charge is -2.08. The van der Waals surface area contributed by atoms with Crippen molar-refractivity contribution in [3.8, 4) is 90.5 Å². The minimum atomic E-state index is -0.171. The first kappa shape index (κ1) is 34.1. The highest BCUT2D eigenvalue weighted by Gasteiger charge is 2.21. The van der Waals surface area contributed by atoms with Crippen molar-refractivity contribution in [2.75, 3.05) is 0 Å². The van der Waals surface area contributed by atoms with Crippen LogP contribution in [0.2, 0.25) is 0 Å². The number of H-pyrrole nitrogens is 1. The van der Waals surface area contributed by atoms with E-state index in [-0.39, 0.29) is 46.0 Å². The Bertz CT molecular complexity index is 2560. The summed E-state index contributed by atoms with van der Waals surface area (Å²) in [6, 6.07) is 24.4. The van der Waals surface area contributed by atoms with E-state index in [0.29, 0.717) is 87.7 Å². The van der Waals surface area contributed by atoms with E-state index < -0.39 is 0 Å². The molecule has 2 aliphatic heterocycles. The number of benzene rings is 4. The molecule has 0 saturated carbocycles. The molecule has 9 rings (SSSR count). The van der Waals surface area contributed by atoms with Crippen LogP contribution in [0.25, 0.3) is 89.2 Å². The number of rotatable bonds is 4. The first-order valence-electron chi connectivity index (χ1n) is 17.2. The molecule has 12 heteroatoms. The van der Waals surface area contributed by atoms with Crippen molar-refractivity contribution in [1.82, 2.24) is 15.0 Å². The van der Waals surface area contributed by atoms with Gasteiger partial charge in [-0.3, -0.25) is 0 Å². The molecule has 0 atom stereocenters. The van der Waals surface area contributed by atoms with Crippen LogP contribution >= 0.6 is 11.3 Å². The van der Waals surface area contributed by atoms with Crippen LogP contribution in [0.3, 0.4) is 0 Å². The molecule has 8 bridgehead atoms. The summed E-state index contributed by atoms with van der Waals surface area (Å²) in [5, 5.41) is 84.8. The maximum Gasteiger partial charge on any atom is 0.119 e. The molecular weight excluding hydrogens is 731 g/mol. The van der Waals surface area contributed by atoms with Crippen molar-refractivity contribution in [2.45, 2.75) is 0 Å². The predicted octanol–water partition coefficient (Wildman–Crippen LogP) is 9.70. The lowest BCUT2D eigenvalue weighted by Crippen LogP contribution is -1.89. The Hall–Kier alpha value is -7.70. The molecular formula is C44H29N3O8S. The maximum atomic E-state index is 10.6. The van der Waals surface area contributed by atoms with Crippen molar-refractivity contribution >= 4 is 56.1 Å². The molecule has 3 aromatic heterocycles. The molecule has 11 nitrogen and oxygen atoms in total. The Morgan fingerprint density at radius 3 is 0.911 bits per heavy atom. The van der Waals surface area contributed by atoms with Crippen LogP contribution in [-0.4, -0.2) is 55.8 Å². The number of thiophene rings is 1. The van der Waals surface area contributed by atoms with E-state index >= 15 is 0 Å². The minimum absolute atomic E-state index is 0.160. The van der Waals surface area contributed by atoms with Crippen molar-refractivity contribution in [1.29, 1.82) is 0 Å². The summed E-state index contributed by atoms with van der Waals surface area (Å²) in [5.74, 6) is -1.32. The van der Waals surface area contributed by atoms with E-state index in [0.717, 1.165) is 0 Å². The molecule has 7 aromatic rings. The summed E-state index contributed by atoms with van der Waals surface area (Å²) < 4.78 is 1.38. The van der Waals surface area contributed by atoms with E-state index in [9.17, 15) is 40.9 Å². The fourth-order valence-corrected chi connectivity index (χ4v) is 8.41. The summed E-state index contributed by atoms with van der Waals surface area (Å²) in [6.45, 7) is 0. The standard InChI is InChI=1S/C44H29N3O8S/c48-25-9-21(10-26(49)17-25)41-33-1-2-34(45-33)42(22-11-27(50)18-28(51)12-22)36-4-6-38(47-36)44(24-15-31(54)20-32(55)16-24)40-8-7-39(56-40)43(37-5-3-35(41)46-37)23-13-29(52)19-30(53)14-23/h1-20,45,48-55H. The van der Waals surface area contributed by atoms with E-state index in [1.807, 2.05) is 12.1 Å². The lowest BCUT2D eigenvalue weighted by molar-refractivity contribution is 0.450. The van der Waals surface area contributed by atoms with Gasteiger partial charge in [-0.15, -0.1) is 11.3 Å². The zero-order chi connectivity index (χ0) is 38.8. The van der Waals surface area contributed by atoms with Crippen LogP contribution < -0.4 is 0 Å². The van der Waals surface area contributed by atoms with Gasteiger partial charge in [-0.05, 0) is 119 Å². The summed E-state index contributed by atoms with van der Waals surface area (Å²) in [5.41, 5.74) is 6.94. The van der Waals surface area contributed by atoms with Gasteiger partial charge < -0.3 is 45.8 Å². The largest absolute Gasteiger partial charge is 0.508 e. The third-order valence-electron chi connectivity index (χ3n) is 9.39. The Labute approximate surface area is 321 Å². The molecule has 5 heterocycles. The summed E-state index contributed by atoms with van der Waals surface area (Å²) in [4.78, 5) is 13.6. The van der Waals surface area contributed by atoms with Crippen molar-refractivity contribution in [3.05, 3.63) is 120 Å². The average molecular weight is 760 g/mol. The quantitative estimate of drug-likeness (QED) is 0.0831. The van der Waals surface area contributed by atoms with E-state index in [4.69, 9.17) is 9.97 Å². The van der Waals surface area contributed by atoms with Gasteiger partial charge in [-0.1, -0.05) is 0 Å². The molecule has 56 heavy (non-hydrogen) atoms. The first-order valence-corrected chi connectivity index (χ1v) is 18.0. The van der Waals surface area contributed by atoms with Crippen LogP contribution in [0.4, 0.5) is 0 Å². The Kier molecular flexibility index (Phi) is 7.92. The SMILES string of the molecule is Oc1cc(O)cc(-c2c3nc(c(-c4cc(O)cc(O)c4)c4ccc(s4)c(-c4cc(O)cc(O)c4)c4nc(c(-c5cc(O)cc(O)c5)c5ccc2[nH]5)C=C4)C=C3)c1. The molecule has 0 radical (unpaired) electrons. The predicted molar refractivity (Wildman–Crippen MR) is 217 cm³/mol. The first-order chi connectivity index (χ1) is 26.9. The average Bonchev–Trinajstić information content (AvgIpc) is 3.94. The van der Waals surface area contributed by atoms with Crippen molar-refractivity contribution in [3.63, 3.8) is 0 Å². The number of fused-ring (bicyclic) bond motifs is 8. The van der Waals surface area contributed by atoms with Crippen LogP contribution in [0, 0.1) is 0 Å². The van der Waals surface area contributed by atoms with Gasteiger partial charge in [0.05, 0.1) is 22.8 Å². The Morgan fingerprint density at radius 1 is 0.339 bits per heavy atom. The van der Waals surface area contributed by atoms with Crippen LogP contribution in [-0.2, 0) is 0 Å². The highest BCUT2D eigenvalue weighted by Crippen LogP contribution is 2.44. The van der Waals surface area contributed by atoms with Crippen LogP contribution in [0.15, 0.2) is 97.1 Å². The normalized spacial score (nSPS) is 12.0. The summed E-state index contributed by atoms with van der Waals surface area (Å²) >= 11 is 1.36. The van der Waals surface area contributed by atoms with Gasteiger partial charge >= 0.3 is 0 Å². The van der Waals surface area contributed by atoms with Crippen molar-refractivity contribution in [2.24, 2.45) is 0 Å². The van der Waals surface area contributed by atoms with Gasteiger partial charge in [0.2, 0.25) is 0 Å². The topological polar surface area (TPSA) is 203 Å². The smallest absolute Gasteiger partial charge is 0.119 e. The second kappa shape index (κ2) is 13.0. The molecule has 0 saturated heterocycles. The molecule has 0 fully saturated rings. The molecule has 9 N–H and O–H groups in total. The summed E-state index contributed by atoms with van der Waals surface area (Å²) in [7, 11) is 0. The number of aromatic hydroxyl groups is 8. The van der Waals surface area contributed by atoms with Gasteiger partial charge in [0.15, 0.2) is 0 Å². The zero-order valence-electron chi connectivity index (χ0n) is 28.9. The van der Waals surface area contributed by atoms with Crippen molar-refractivity contribution < 1.29 is 40.9 Å². The fourth-order valence-electron chi connectivity index (χ4n) is 7.25. The zero-order valence-corrected chi connectivity index (χ0v) is 29.7. The van der Waals surface area contributed by atoms with Gasteiger partial charge in [0.25, 0.3) is 0 Å². The number of hydrogen-bond acceptors (Lipinski definition) is 11. The Morgan fingerprint density at radius 2 is 0.607 bits per heavy atom. The Balaban J connectivity index is 1.50. The minimum Gasteiger partial charge on any atom is -0.508 e. The third-order valence-corrected chi connectivity index (χ3v) is 10.5. The lowest BCUT2D eigenvalue weighted by atomic mass is 10.0. The van der Waals surface area contributed by atoms with Gasteiger partial charge in [-0.25, -0.2) is 9.97 Å².